The van der Waals surface area contributed by atoms with Crippen molar-refractivity contribution in [2.75, 3.05) is 11.9 Å². The van der Waals surface area contributed by atoms with E-state index < -0.39 is 11.7 Å². The van der Waals surface area contributed by atoms with Crippen LogP contribution >= 0.6 is 31.9 Å². The van der Waals surface area contributed by atoms with E-state index in [1.54, 1.807) is 6.07 Å². The summed E-state index contributed by atoms with van der Waals surface area (Å²) in [5.74, 6) is 0.00703. The number of carbonyl (C=O) groups is 1. The van der Waals surface area contributed by atoms with Gasteiger partial charge in [0.15, 0.2) is 6.61 Å². The van der Waals surface area contributed by atoms with Crippen LogP contribution in [-0.4, -0.2) is 12.5 Å². The van der Waals surface area contributed by atoms with E-state index in [-0.39, 0.29) is 18.2 Å². The molecule has 24 heavy (non-hydrogen) atoms. The van der Waals surface area contributed by atoms with Gasteiger partial charge in [-0.3, -0.25) is 4.79 Å². The van der Waals surface area contributed by atoms with Crippen molar-refractivity contribution in [2.45, 2.75) is 26.7 Å². The molecule has 2 rings (SSSR count). The first-order valence-corrected chi connectivity index (χ1v) is 9.04. The van der Waals surface area contributed by atoms with Gasteiger partial charge in [-0.2, -0.15) is 0 Å². The van der Waals surface area contributed by atoms with Gasteiger partial charge in [-0.25, -0.2) is 4.39 Å². The highest BCUT2D eigenvalue weighted by Gasteiger charge is 2.13. The molecular weight excluding hydrogens is 441 g/mol. The van der Waals surface area contributed by atoms with Crippen molar-refractivity contribution < 1.29 is 13.9 Å². The van der Waals surface area contributed by atoms with Gasteiger partial charge in [0.05, 0.1) is 5.69 Å². The topological polar surface area (TPSA) is 38.3 Å². The molecular formula is C18H18Br2FNO2. The van der Waals surface area contributed by atoms with E-state index in [2.05, 4.69) is 51.0 Å². The molecule has 2 aromatic rings. The molecule has 0 aliphatic heterocycles. The Hall–Kier alpha value is -1.40. The Bertz CT molecular complexity index is 763. The van der Waals surface area contributed by atoms with E-state index in [0.29, 0.717) is 10.2 Å². The van der Waals surface area contributed by atoms with Gasteiger partial charge < -0.3 is 10.1 Å². The molecule has 0 saturated carbocycles. The lowest BCUT2D eigenvalue weighted by Gasteiger charge is -2.16. The normalized spacial score (nSPS) is 10.8. The predicted octanol–water partition coefficient (Wildman–Crippen LogP) is 5.80. The van der Waals surface area contributed by atoms with Crippen LogP contribution in [0.1, 0.15) is 30.9 Å². The minimum absolute atomic E-state index is 0.128. The van der Waals surface area contributed by atoms with Crippen LogP contribution < -0.4 is 10.1 Å². The highest BCUT2D eigenvalue weighted by atomic mass is 79.9. The van der Waals surface area contributed by atoms with Crippen molar-refractivity contribution in [1.29, 1.82) is 0 Å². The second-order valence-corrected chi connectivity index (χ2v) is 7.52. The summed E-state index contributed by atoms with van der Waals surface area (Å²) in [5, 5.41) is 2.51. The number of ether oxygens (including phenoxy) is 1. The monoisotopic (exact) mass is 457 g/mol. The van der Waals surface area contributed by atoms with E-state index in [0.717, 1.165) is 15.6 Å². The summed E-state index contributed by atoms with van der Waals surface area (Å²) >= 11 is 6.68. The Morgan fingerprint density at radius 1 is 1.25 bits per heavy atom. The molecule has 0 aliphatic carbocycles. The third kappa shape index (κ3) is 4.80. The number of aryl methyl sites for hydroxylation is 1. The molecule has 3 nitrogen and oxygen atoms in total. The lowest BCUT2D eigenvalue weighted by atomic mass is 10.0. The molecule has 1 amide bonds. The van der Waals surface area contributed by atoms with Crippen LogP contribution in [0.3, 0.4) is 0 Å². The average molecular weight is 459 g/mol. The molecule has 0 atom stereocenters. The van der Waals surface area contributed by atoms with Crippen LogP contribution in [0.25, 0.3) is 0 Å². The summed E-state index contributed by atoms with van der Waals surface area (Å²) < 4.78 is 21.0. The second kappa shape index (κ2) is 8.12. The van der Waals surface area contributed by atoms with Gasteiger partial charge in [-0.05, 0) is 54.3 Å². The lowest BCUT2D eigenvalue weighted by Crippen LogP contribution is -2.21. The smallest absolute Gasteiger partial charge is 0.262 e. The van der Waals surface area contributed by atoms with Gasteiger partial charge in [-0.15, -0.1) is 0 Å². The first-order valence-electron chi connectivity index (χ1n) is 7.45. The van der Waals surface area contributed by atoms with Crippen LogP contribution in [0.4, 0.5) is 10.1 Å². The van der Waals surface area contributed by atoms with Gasteiger partial charge in [0, 0.05) is 8.95 Å². The maximum absolute atomic E-state index is 13.8. The van der Waals surface area contributed by atoms with Crippen LogP contribution in [0.2, 0.25) is 0 Å². The second-order valence-electron chi connectivity index (χ2n) is 5.75. The van der Waals surface area contributed by atoms with Gasteiger partial charge in [0.2, 0.25) is 0 Å². The van der Waals surface area contributed by atoms with Gasteiger partial charge in [0.25, 0.3) is 5.91 Å². The number of carbonyl (C=O) groups excluding carboxylic acids is 1. The van der Waals surface area contributed by atoms with E-state index in [4.69, 9.17) is 4.74 Å². The molecule has 128 valence electrons. The van der Waals surface area contributed by atoms with Crippen molar-refractivity contribution in [3.63, 3.8) is 0 Å². The van der Waals surface area contributed by atoms with Crippen molar-refractivity contribution in [1.82, 2.24) is 0 Å². The molecule has 0 spiro atoms. The number of hydrogen-bond acceptors (Lipinski definition) is 2. The Morgan fingerprint density at radius 2 is 1.96 bits per heavy atom. The fourth-order valence-electron chi connectivity index (χ4n) is 2.17. The number of anilines is 1. The third-order valence-electron chi connectivity index (χ3n) is 3.48. The zero-order chi connectivity index (χ0) is 17.9. The third-order valence-corrected chi connectivity index (χ3v) is 4.82. The summed E-state index contributed by atoms with van der Waals surface area (Å²) in [6.45, 7) is 5.89. The van der Waals surface area contributed by atoms with Crippen LogP contribution in [0, 0.1) is 12.7 Å². The minimum Gasteiger partial charge on any atom is -0.483 e. The van der Waals surface area contributed by atoms with Gasteiger partial charge in [0.1, 0.15) is 11.6 Å². The highest BCUT2D eigenvalue weighted by Crippen LogP contribution is 2.32. The fourth-order valence-corrected chi connectivity index (χ4v) is 2.86. The SMILES string of the molecule is Cc1cc(OCC(=O)Nc2ccc(Br)cc2F)c(C(C)C)cc1Br. The first-order chi connectivity index (χ1) is 11.3. The van der Waals surface area contributed by atoms with Crippen LogP contribution in [-0.2, 0) is 4.79 Å². The van der Waals surface area contributed by atoms with Crippen molar-refractivity contribution in [3.8, 4) is 5.75 Å². The molecule has 0 heterocycles. The molecule has 0 aliphatic rings. The lowest BCUT2D eigenvalue weighted by molar-refractivity contribution is -0.118. The highest BCUT2D eigenvalue weighted by molar-refractivity contribution is 9.10. The molecule has 0 fully saturated rings. The maximum Gasteiger partial charge on any atom is 0.262 e. The first kappa shape index (κ1) is 18.9. The molecule has 0 bridgehead atoms. The minimum atomic E-state index is -0.500. The molecule has 0 unspecified atom stereocenters. The number of rotatable bonds is 5. The Balaban J connectivity index is 2.07. The summed E-state index contributed by atoms with van der Waals surface area (Å²) in [4.78, 5) is 12.0. The average Bonchev–Trinajstić information content (AvgIpc) is 2.50. The van der Waals surface area contributed by atoms with Crippen molar-refractivity contribution >= 4 is 43.5 Å². The standard InChI is InChI=1S/C18H18Br2FNO2/c1-10(2)13-8-14(20)11(3)6-17(13)24-9-18(23)22-16-5-4-12(19)7-15(16)21/h4-8,10H,9H2,1-3H3,(H,22,23). The summed E-state index contributed by atoms with van der Waals surface area (Å²) in [6.07, 6.45) is 0. The fraction of sp³-hybridized carbons (Fsp3) is 0.278. The zero-order valence-corrected chi connectivity index (χ0v) is 16.8. The Kier molecular flexibility index (Phi) is 6.40. The van der Waals surface area contributed by atoms with Crippen LogP contribution in [0.15, 0.2) is 39.3 Å². The Labute approximate surface area is 157 Å². The number of nitrogens with one attached hydrogen (secondary N) is 1. The largest absolute Gasteiger partial charge is 0.483 e. The number of amides is 1. The zero-order valence-electron chi connectivity index (χ0n) is 13.6. The van der Waals surface area contributed by atoms with Crippen LogP contribution in [0.5, 0.6) is 5.75 Å². The van der Waals surface area contributed by atoms with Crippen molar-refractivity contribution in [2.24, 2.45) is 0 Å². The summed E-state index contributed by atoms with van der Waals surface area (Å²) in [7, 11) is 0. The molecule has 1 N–H and O–H groups in total. The summed E-state index contributed by atoms with van der Waals surface area (Å²) in [6, 6.07) is 8.36. The summed E-state index contributed by atoms with van der Waals surface area (Å²) in [5.41, 5.74) is 2.16. The van der Waals surface area contributed by atoms with Gasteiger partial charge in [-0.1, -0.05) is 45.7 Å². The van der Waals surface area contributed by atoms with E-state index in [1.807, 2.05) is 19.1 Å². The molecule has 0 aromatic heterocycles. The molecule has 0 saturated heterocycles. The van der Waals surface area contributed by atoms with Gasteiger partial charge >= 0.3 is 0 Å². The molecule has 6 heteroatoms. The van der Waals surface area contributed by atoms with Crippen molar-refractivity contribution in [3.05, 3.63) is 56.2 Å². The Morgan fingerprint density at radius 3 is 2.58 bits per heavy atom. The quantitative estimate of drug-likeness (QED) is 0.614. The van der Waals surface area contributed by atoms with E-state index in [9.17, 15) is 9.18 Å². The predicted molar refractivity (Wildman–Crippen MR) is 101 cm³/mol. The van der Waals surface area contributed by atoms with E-state index >= 15 is 0 Å². The molecule has 2 aromatic carbocycles. The van der Waals surface area contributed by atoms with E-state index in [1.165, 1.54) is 12.1 Å². The molecule has 0 radical (unpaired) electrons. The maximum atomic E-state index is 13.8. The number of benzene rings is 2. The number of halogens is 3. The number of hydrogen-bond donors (Lipinski definition) is 1.